The zero-order chi connectivity index (χ0) is 15.5. The molecule has 0 unspecified atom stereocenters. The van der Waals surface area contributed by atoms with Gasteiger partial charge in [0.05, 0.1) is 16.5 Å². The second-order valence-electron chi connectivity index (χ2n) is 4.38. The molecule has 0 radical (unpaired) electrons. The highest BCUT2D eigenvalue weighted by molar-refractivity contribution is 9.10. The molecule has 0 atom stereocenters. The van der Waals surface area contributed by atoms with Gasteiger partial charge in [-0.1, -0.05) is 29.5 Å². The molecule has 112 valence electrons. The van der Waals surface area contributed by atoms with Gasteiger partial charge in [-0.15, -0.1) is 11.6 Å². The Morgan fingerprint density at radius 3 is 2.77 bits per heavy atom. The molecule has 0 saturated carbocycles. The van der Waals surface area contributed by atoms with Crippen LogP contribution < -0.4 is 10.5 Å². The first kappa shape index (κ1) is 15.3. The van der Waals surface area contributed by atoms with Gasteiger partial charge in [-0.05, 0) is 34.1 Å². The summed E-state index contributed by atoms with van der Waals surface area (Å²) in [5.74, 6) is 1.62. The smallest absolute Gasteiger partial charge is 0.180 e. The third-order valence-corrected chi connectivity index (χ3v) is 4.47. The van der Waals surface area contributed by atoms with Crippen LogP contribution in [0.3, 0.4) is 0 Å². The number of nitrogens with two attached hydrogens (primary N) is 1. The van der Waals surface area contributed by atoms with Crippen molar-refractivity contribution in [3.05, 3.63) is 52.8 Å². The molecule has 0 saturated heterocycles. The van der Waals surface area contributed by atoms with E-state index in [1.807, 2.05) is 36.4 Å². The molecule has 0 fully saturated rings. The first-order valence-corrected chi connectivity index (χ1v) is 8.51. The minimum Gasteiger partial charge on any atom is -0.455 e. The molecular formula is C15H11BrClN3OS. The predicted octanol–water partition coefficient (Wildman–Crippen LogP) is 5.08. The van der Waals surface area contributed by atoms with Crippen LogP contribution in [0.25, 0.3) is 10.6 Å². The van der Waals surface area contributed by atoms with Gasteiger partial charge in [-0.3, -0.25) is 4.98 Å². The summed E-state index contributed by atoms with van der Waals surface area (Å²) in [6.07, 6.45) is 1.71. The number of para-hydroxylation sites is 1. The SMILES string of the molecule is Nc1nc(CCl)c(-c2ncc(Br)cc2Oc2ccccc2)s1. The molecule has 0 amide bonds. The summed E-state index contributed by atoms with van der Waals surface area (Å²) in [4.78, 5) is 9.51. The van der Waals surface area contributed by atoms with Gasteiger partial charge < -0.3 is 10.5 Å². The van der Waals surface area contributed by atoms with Crippen LogP contribution in [0.15, 0.2) is 47.1 Å². The second-order valence-corrected chi connectivity index (χ2v) is 6.59. The Morgan fingerprint density at radius 1 is 1.27 bits per heavy atom. The van der Waals surface area contributed by atoms with Gasteiger partial charge in [0.1, 0.15) is 11.4 Å². The zero-order valence-electron chi connectivity index (χ0n) is 11.3. The van der Waals surface area contributed by atoms with Crippen molar-refractivity contribution >= 4 is 44.0 Å². The zero-order valence-corrected chi connectivity index (χ0v) is 14.5. The monoisotopic (exact) mass is 395 g/mol. The Labute approximate surface area is 145 Å². The lowest BCUT2D eigenvalue weighted by Crippen LogP contribution is -1.92. The van der Waals surface area contributed by atoms with Crippen LogP contribution in [0.4, 0.5) is 5.13 Å². The van der Waals surface area contributed by atoms with Crippen molar-refractivity contribution in [3.63, 3.8) is 0 Å². The molecule has 2 N–H and O–H groups in total. The van der Waals surface area contributed by atoms with Gasteiger partial charge in [0.2, 0.25) is 0 Å². The summed E-state index contributed by atoms with van der Waals surface area (Å²) in [6, 6.07) is 11.4. The lowest BCUT2D eigenvalue weighted by atomic mass is 10.2. The Balaban J connectivity index is 2.08. The van der Waals surface area contributed by atoms with Gasteiger partial charge in [0.15, 0.2) is 10.9 Å². The molecular weight excluding hydrogens is 386 g/mol. The van der Waals surface area contributed by atoms with Gasteiger partial charge >= 0.3 is 0 Å². The van der Waals surface area contributed by atoms with Crippen LogP contribution in [0.1, 0.15) is 5.69 Å². The van der Waals surface area contributed by atoms with E-state index in [1.165, 1.54) is 11.3 Å². The largest absolute Gasteiger partial charge is 0.455 e. The van der Waals surface area contributed by atoms with Crippen LogP contribution in [0.2, 0.25) is 0 Å². The Kier molecular flexibility index (Phi) is 4.61. The average molecular weight is 397 g/mol. The normalized spacial score (nSPS) is 10.6. The van der Waals surface area contributed by atoms with E-state index in [0.29, 0.717) is 22.3 Å². The number of hydrogen-bond acceptors (Lipinski definition) is 5. The Bertz CT molecular complexity index is 795. The molecule has 3 aromatic rings. The maximum Gasteiger partial charge on any atom is 0.180 e. The van der Waals surface area contributed by atoms with Crippen molar-refractivity contribution in [3.8, 4) is 22.1 Å². The lowest BCUT2D eigenvalue weighted by Gasteiger charge is -2.10. The molecule has 0 aliphatic rings. The fourth-order valence-corrected chi connectivity index (χ4v) is 3.36. The first-order chi connectivity index (χ1) is 10.7. The van der Waals surface area contributed by atoms with E-state index in [0.717, 1.165) is 15.1 Å². The maximum atomic E-state index is 5.96. The number of rotatable bonds is 4. The van der Waals surface area contributed by atoms with Crippen molar-refractivity contribution in [2.24, 2.45) is 0 Å². The van der Waals surface area contributed by atoms with Gasteiger partial charge in [0, 0.05) is 10.7 Å². The van der Waals surface area contributed by atoms with Crippen LogP contribution in [-0.4, -0.2) is 9.97 Å². The topological polar surface area (TPSA) is 61.0 Å². The number of anilines is 1. The van der Waals surface area contributed by atoms with E-state index in [9.17, 15) is 0 Å². The number of benzene rings is 1. The van der Waals surface area contributed by atoms with E-state index in [4.69, 9.17) is 22.1 Å². The third-order valence-electron chi connectivity index (χ3n) is 2.85. The molecule has 3 rings (SSSR count). The van der Waals surface area contributed by atoms with Crippen molar-refractivity contribution in [1.29, 1.82) is 0 Å². The standard InChI is InChI=1S/C15H11BrClN3OS/c16-9-6-12(21-10-4-2-1-3-5-10)13(19-8-9)14-11(7-17)20-15(18)22-14/h1-6,8H,7H2,(H2,18,20). The third kappa shape index (κ3) is 3.24. The quantitative estimate of drug-likeness (QED) is 0.625. The summed E-state index contributed by atoms with van der Waals surface area (Å²) in [6.45, 7) is 0. The summed E-state index contributed by atoms with van der Waals surface area (Å²) in [5, 5.41) is 0.459. The van der Waals surface area contributed by atoms with Crippen LogP contribution >= 0.6 is 38.9 Å². The number of halogens is 2. The van der Waals surface area contributed by atoms with E-state index in [-0.39, 0.29) is 5.88 Å². The number of alkyl halides is 1. The minimum atomic E-state index is 0.269. The minimum absolute atomic E-state index is 0.269. The highest BCUT2D eigenvalue weighted by Crippen LogP contribution is 2.39. The van der Waals surface area contributed by atoms with E-state index in [2.05, 4.69) is 25.9 Å². The first-order valence-electron chi connectivity index (χ1n) is 6.37. The summed E-state index contributed by atoms with van der Waals surface area (Å²) >= 11 is 10.7. The second kappa shape index (κ2) is 6.64. The molecule has 0 aliphatic carbocycles. The molecule has 0 bridgehead atoms. The van der Waals surface area contributed by atoms with Gasteiger partial charge in [-0.25, -0.2) is 4.98 Å². The van der Waals surface area contributed by atoms with Crippen LogP contribution in [0, 0.1) is 0 Å². The molecule has 2 aromatic heterocycles. The van der Waals surface area contributed by atoms with Crippen LogP contribution in [0.5, 0.6) is 11.5 Å². The highest BCUT2D eigenvalue weighted by atomic mass is 79.9. The Morgan fingerprint density at radius 2 is 2.05 bits per heavy atom. The molecule has 0 aliphatic heterocycles. The highest BCUT2D eigenvalue weighted by Gasteiger charge is 2.17. The van der Waals surface area contributed by atoms with Crippen LogP contribution in [-0.2, 0) is 5.88 Å². The molecule has 22 heavy (non-hydrogen) atoms. The number of nitrogens with zero attached hydrogens (tertiary/aromatic N) is 2. The van der Waals surface area contributed by atoms with Crippen molar-refractivity contribution in [1.82, 2.24) is 9.97 Å². The molecule has 4 nitrogen and oxygen atoms in total. The number of aromatic nitrogens is 2. The summed E-state index contributed by atoms with van der Waals surface area (Å²) in [5.41, 5.74) is 7.18. The van der Waals surface area contributed by atoms with Crippen molar-refractivity contribution in [2.75, 3.05) is 5.73 Å². The number of pyridine rings is 1. The molecule has 2 heterocycles. The van der Waals surface area contributed by atoms with E-state index in [1.54, 1.807) is 6.20 Å². The fraction of sp³-hybridized carbons (Fsp3) is 0.0667. The number of thiazole rings is 1. The summed E-state index contributed by atoms with van der Waals surface area (Å²) < 4.78 is 6.78. The van der Waals surface area contributed by atoms with Gasteiger partial charge in [0.25, 0.3) is 0 Å². The van der Waals surface area contributed by atoms with Gasteiger partial charge in [-0.2, -0.15) is 0 Å². The Hall–Kier alpha value is -1.63. The number of nitrogen functional groups attached to an aromatic ring is 1. The maximum absolute atomic E-state index is 5.96. The number of hydrogen-bond donors (Lipinski definition) is 1. The average Bonchev–Trinajstić information content (AvgIpc) is 2.89. The van der Waals surface area contributed by atoms with Crippen molar-refractivity contribution < 1.29 is 4.74 Å². The molecule has 1 aromatic carbocycles. The number of ether oxygens (including phenoxy) is 1. The van der Waals surface area contributed by atoms with E-state index >= 15 is 0 Å². The van der Waals surface area contributed by atoms with Crippen molar-refractivity contribution in [2.45, 2.75) is 5.88 Å². The molecule has 7 heteroatoms. The molecule has 0 spiro atoms. The fourth-order valence-electron chi connectivity index (χ4n) is 1.93. The lowest BCUT2D eigenvalue weighted by molar-refractivity contribution is 0.482. The predicted molar refractivity (Wildman–Crippen MR) is 93.5 cm³/mol. The summed E-state index contributed by atoms with van der Waals surface area (Å²) in [7, 11) is 0. The van der Waals surface area contributed by atoms with E-state index < -0.39 is 0 Å².